The summed E-state index contributed by atoms with van der Waals surface area (Å²) in [6, 6.07) is 3.93. The van der Waals surface area contributed by atoms with Crippen molar-refractivity contribution in [3.63, 3.8) is 0 Å². The van der Waals surface area contributed by atoms with Crippen molar-refractivity contribution in [1.29, 1.82) is 0 Å². The fraction of sp³-hybridized carbons (Fsp3) is 0.300. The molecule has 0 aliphatic carbocycles. The van der Waals surface area contributed by atoms with E-state index in [-0.39, 0.29) is 29.7 Å². The second-order valence-electron chi connectivity index (χ2n) is 2.96. The molecule has 0 saturated heterocycles. The van der Waals surface area contributed by atoms with E-state index in [1.807, 2.05) is 0 Å². The molecule has 0 aromatic heterocycles. The Morgan fingerprint density at radius 2 is 2.24 bits per heavy atom. The Balaban J connectivity index is 2.77. The number of nitro groups is 1. The highest BCUT2D eigenvalue weighted by molar-refractivity contribution is 6.30. The first-order valence-electron chi connectivity index (χ1n) is 4.77. The van der Waals surface area contributed by atoms with Gasteiger partial charge in [-0.15, -0.1) is 0 Å². The molecule has 1 rings (SSSR count). The lowest BCUT2D eigenvalue weighted by Crippen LogP contribution is -2.15. The van der Waals surface area contributed by atoms with Gasteiger partial charge in [0.2, 0.25) is 0 Å². The zero-order valence-electron chi connectivity index (χ0n) is 9.01. The SMILES string of the molecule is CCOC(=O)COc1ccc(Cl)cc1[N+](=O)[O-]. The fourth-order valence-corrected chi connectivity index (χ4v) is 1.26. The van der Waals surface area contributed by atoms with E-state index in [4.69, 9.17) is 16.3 Å². The maximum absolute atomic E-state index is 11.0. The van der Waals surface area contributed by atoms with Crippen LogP contribution in [0.4, 0.5) is 5.69 Å². The zero-order chi connectivity index (χ0) is 12.8. The van der Waals surface area contributed by atoms with Crippen LogP contribution in [0.25, 0.3) is 0 Å². The number of hydrogen-bond donors (Lipinski definition) is 0. The Bertz CT molecular complexity index is 435. The van der Waals surface area contributed by atoms with Gasteiger partial charge in [0, 0.05) is 11.1 Å². The van der Waals surface area contributed by atoms with Gasteiger partial charge in [0.1, 0.15) is 0 Å². The van der Waals surface area contributed by atoms with Crippen molar-refractivity contribution in [2.24, 2.45) is 0 Å². The van der Waals surface area contributed by atoms with Gasteiger partial charge in [-0.1, -0.05) is 11.6 Å². The van der Waals surface area contributed by atoms with Crippen molar-refractivity contribution in [3.8, 4) is 5.75 Å². The van der Waals surface area contributed by atoms with E-state index < -0.39 is 10.9 Å². The summed E-state index contributed by atoms with van der Waals surface area (Å²) < 4.78 is 9.62. The van der Waals surface area contributed by atoms with Crippen molar-refractivity contribution in [3.05, 3.63) is 33.3 Å². The molecule has 0 heterocycles. The third-order valence-electron chi connectivity index (χ3n) is 1.77. The molecule has 0 aliphatic heterocycles. The molecule has 0 fully saturated rings. The highest BCUT2D eigenvalue weighted by atomic mass is 35.5. The maximum Gasteiger partial charge on any atom is 0.344 e. The molecule has 0 N–H and O–H groups in total. The lowest BCUT2D eigenvalue weighted by Gasteiger charge is -2.06. The number of esters is 1. The van der Waals surface area contributed by atoms with Crippen LogP contribution in [0, 0.1) is 10.1 Å². The Morgan fingerprint density at radius 3 is 2.82 bits per heavy atom. The number of halogens is 1. The number of carbonyl (C=O) groups is 1. The van der Waals surface area contributed by atoms with Gasteiger partial charge in [0.15, 0.2) is 12.4 Å². The van der Waals surface area contributed by atoms with E-state index in [0.717, 1.165) is 6.07 Å². The van der Waals surface area contributed by atoms with Crippen LogP contribution < -0.4 is 4.74 Å². The number of benzene rings is 1. The van der Waals surface area contributed by atoms with Gasteiger partial charge in [-0.05, 0) is 19.1 Å². The predicted molar refractivity (Wildman–Crippen MR) is 60.2 cm³/mol. The van der Waals surface area contributed by atoms with Gasteiger partial charge in [-0.25, -0.2) is 4.79 Å². The lowest BCUT2D eigenvalue weighted by molar-refractivity contribution is -0.385. The van der Waals surface area contributed by atoms with Crippen LogP contribution in [0.15, 0.2) is 18.2 Å². The van der Waals surface area contributed by atoms with Crippen LogP contribution in [0.1, 0.15) is 6.92 Å². The third-order valence-corrected chi connectivity index (χ3v) is 2.00. The molecular weight excluding hydrogens is 250 g/mol. The number of hydrogen-bond acceptors (Lipinski definition) is 5. The monoisotopic (exact) mass is 259 g/mol. The van der Waals surface area contributed by atoms with E-state index in [1.165, 1.54) is 12.1 Å². The van der Waals surface area contributed by atoms with Crippen LogP contribution in [-0.4, -0.2) is 24.1 Å². The lowest BCUT2D eigenvalue weighted by atomic mass is 10.3. The number of rotatable bonds is 5. The summed E-state index contributed by atoms with van der Waals surface area (Å²) in [4.78, 5) is 21.1. The first kappa shape index (κ1) is 13.2. The van der Waals surface area contributed by atoms with Crippen molar-refractivity contribution in [2.75, 3.05) is 13.2 Å². The summed E-state index contributed by atoms with van der Waals surface area (Å²) in [6.07, 6.45) is 0. The van der Waals surface area contributed by atoms with Gasteiger partial charge in [-0.3, -0.25) is 10.1 Å². The highest BCUT2D eigenvalue weighted by Gasteiger charge is 2.16. The first-order valence-corrected chi connectivity index (χ1v) is 5.14. The highest BCUT2D eigenvalue weighted by Crippen LogP contribution is 2.29. The van der Waals surface area contributed by atoms with Crippen LogP contribution in [0.5, 0.6) is 5.75 Å². The summed E-state index contributed by atoms with van der Waals surface area (Å²) in [6.45, 7) is 1.50. The molecule has 6 nitrogen and oxygen atoms in total. The van der Waals surface area contributed by atoms with Gasteiger partial charge in [0.25, 0.3) is 0 Å². The normalized spacial score (nSPS) is 9.76. The molecule has 0 amide bonds. The Hall–Kier alpha value is -1.82. The largest absolute Gasteiger partial charge is 0.475 e. The number of carbonyl (C=O) groups excluding carboxylic acids is 1. The molecule has 0 radical (unpaired) electrons. The minimum atomic E-state index is -0.633. The smallest absolute Gasteiger partial charge is 0.344 e. The van der Waals surface area contributed by atoms with Gasteiger partial charge in [0.05, 0.1) is 11.5 Å². The first-order chi connectivity index (χ1) is 8.04. The summed E-state index contributed by atoms with van der Waals surface area (Å²) >= 11 is 5.62. The molecule has 0 unspecified atom stereocenters. The predicted octanol–water partition coefficient (Wildman–Crippen LogP) is 2.19. The summed E-state index contributed by atoms with van der Waals surface area (Å²) in [7, 11) is 0. The Labute approximate surface area is 102 Å². The molecule has 7 heteroatoms. The molecule has 1 aromatic carbocycles. The molecule has 0 atom stereocenters. The van der Waals surface area contributed by atoms with Gasteiger partial charge < -0.3 is 9.47 Å². The quantitative estimate of drug-likeness (QED) is 0.460. The second kappa shape index (κ2) is 6.05. The van der Waals surface area contributed by atoms with Crippen LogP contribution in [0.3, 0.4) is 0 Å². The van der Waals surface area contributed by atoms with Crippen molar-refractivity contribution >= 4 is 23.3 Å². The summed E-state index contributed by atoms with van der Waals surface area (Å²) in [5.74, 6) is -0.607. The van der Waals surface area contributed by atoms with Gasteiger partial charge in [-0.2, -0.15) is 0 Å². The van der Waals surface area contributed by atoms with Crippen LogP contribution in [-0.2, 0) is 9.53 Å². The molecule has 92 valence electrons. The minimum absolute atomic E-state index is 0.0209. The Kier molecular flexibility index (Phi) is 4.71. The molecule has 0 aliphatic rings. The molecule has 0 bridgehead atoms. The van der Waals surface area contributed by atoms with Crippen molar-refractivity contribution in [1.82, 2.24) is 0 Å². The molecule has 1 aromatic rings. The van der Waals surface area contributed by atoms with Crippen LogP contribution >= 0.6 is 11.6 Å². The van der Waals surface area contributed by atoms with E-state index in [0.29, 0.717) is 0 Å². The summed E-state index contributed by atoms with van der Waals surface area (Å²) in [5.41, 5.74) is -0.290. The average molecular weight is 260 g/mol. The molecule has 0 saturated carbocycles. The maximum atomic E-state index is 11.0. The van der Waals surface area contributed by atoms with Crippen molar-refractivity contribution in [2.45, 2.75) is 6.92 Å². The van der Waals surface area contributed by atoms with E-state index >= 15 is 0 Å². The molecule has 17 heavy (non-hydrogen) atoms. The number of nitrogens with zero attached hydrogens (tertiary/aromatic N) is 1. The zero-order valence-corrected chi connectivity index (χ0v) is 9.77. The molecule has 0 spiro atoms. The second-order valence-corrected chi connectivity index (χ2v) is 3.40. The standard InChI is InChI=1S/C10H10ClNO5/c1-2-16-10(13)6-17-9-4-3-7(11)5-8(9)12(14)15/h3-5H,2,6H2,1H3. The van der Waals surface area contributed by atoms with E-state index in [2.05, 4.69) is 4.74 Å². The van der Waals surface area contributed by atoms with Crippen molar-refractivity contribution < 1.29 is 19.2 Å². The fourth-order valence-electron chi connectivity index (χ4n) is 1.09. The summed E-state index contributed by atoms with van der Waals surface area (Å²) in [5, 5.41) is 10.9. The Morgan fingerprint density at radius 1 is 1.53 bits per heavy atom. The van der Waals surface area contributed by atoms with Crippen LogP contribution in [0.2, 0.25) is 5.02 Å². The van der Waals surface area contributed by atoms with Gasteiger partial charge >= 0.3 is 11.7 Å². The third kappa shape index (κ3) is 3.92. The van der Waals surface area contributed by atoms with E-state index in [9.17, 15) is 14.9 Å². The minimum Gasteiger partial charge on any atom is -0.475 e. The number of ether oxygens (including phenoxy) is 2. The molecular formula is C10H10ClNO5. The number of nitro benzene ring substituents is 1. The topological polar surface area (TPSA) is 78.7 Å². The average Bonchev–Trinajstić information content (AvgIpc) is 2.27. The van der Waals surface area contributed by atoms with E-state index in [1.54, 1.807) is 6.92 Å².